The number of hydrogen-bond acceptors (Lipinski definition) is 13. The molecule has 7 atom stereocenters. The molecule has 0 saturated carbocycles. The lowest BCUT2D eigenvalue weighted by Crippen LogP contribution is -2.60. The molecule has 3 rings (SSSR count). The molecular formula is C15H19N5O10. The van der Waals surface area contributed by atoms with Gasteiger partial charge in [0.25, 0.3) is 5.56 Å². The lowest BCUT2D eigenvalue weighted by Gasteiger charge is -2.38. The van der Waals surface area contributed by atoms with Crippen molar-refractivity contribution in [1.82, 2.24) is 19.9 Å². The van der Waals surface area contributed by atoms with Crippen LogP contribution in [0.25, 0.3) is 11.2 Å². The minimum absolute atomic E-state index is 0.0797. The molecule has 0 aliphatic carbocycles. The molecule has 0 bridgehead atoms. The van der Waals surface area contributed by atoms with Gasteiger partial charge in [0.2, 0.25) is 5.95 Å². The van der Waals surface area contributed by atoms with Crippen molar-refractivity contribution in [3.05, 3.63) is 22.2 Å². The fourth-order valence-corrected chi connectivity index (χ4v) is 2.76. The number of nitrogens with two attached hydrogens (primary N) is 1. The summed E-state index contributed by atoms with van der Waals surface area (Å²) in [5.41, 5.74) is 4.16. The van der Waals surface area contributed by atoms with Crippen LogP contribution in [0.1, 0.15) is 11.8 Å². The zero-order valence-electron chi connectivity index (χ0n) is 15.1. The van der Waals surface area contributed by atoms with Crippen LogP contribution in [0.15, 0.2) is 11.0 Å². The van der Waals surface area contributed by atoms with Crippen LogP contribution in [-0.2, 0) is 14.3 Å². The molecule has 3 heterocycles. The Kier molecular flexibility index (Phi) is 6.22. The van der Waals surface area contributed by atoms with Crippen molar-refractivity contribution < 1.29 is 44.9 Å². The zero-order chi connectivity index (χ0) is 22.2. The van der Waals surface area contributed by atoms with Gasteiger partial charge in [-0.15, -0.1) is 0 Å². The first-order valence-electron chi connectivity index (χ1n) is 8.52. The van der Waals surface area contributed by atoms with Crippen LogP contribution in [0, 0.1) is 0 Å². The van der Waals surface area contributed by atoms with E-state index in [0.29, 0.717) is 0 Å². The maximum Gasteiger partial charge on any atom is 0.335 e. The number of nitrogen functional groups attached to an aromatic ring is 1. The van der Waals surface area contributed by atoms with E-state index in [4.69, 9.17) is 20.3 Å². The fraction of sp³-hybridized carbons (Fsp3) is 0.533. The number of carbonyl (C=O) groups is 1. The maximum absolute atomic E-state index is 11.9. The second kappa shape index (κ2) is 8.52. The van der Waals surface area contributed by atoms with E-state index in [2.05, 4.69) is 19.9 Å². The number of carboxylic acid groups (broad SMARTS) is 1. The van der Waals surface area contributed by atoms with Gasteiger partial charge in [0.15, 0.2) is 23.6 Å². The molecule has 0 spiro atoms. The summed E-state index contributed by atoms with van der Waals surface area (Å²) in [6.07, 6.45) is -11.5. The van der Waals surface area contributed by atoms with Crippen molar-refractivity contribution in [1.29, 1.82) is 0 Å². The molecular weight excluding hydrogens is 410 g/mol. The Morgan fingerprint density at radius 3 is 2.60 bits per heavy atom. The minimum Gasteiger partial charge on any atom is -0.479 e. The molecule has 164 valence electrons. The van der Waals surface area contributed by atoms with E-state index in [-0.39, 0.29) is 22.8 Å². The molecule has 0 amide bonds. The number of fused-ring (bicyclic) bond motifs is 1. The van der Waals surface area contributed by atoms with Gasteiger partial charge in [0.05, 0.1) is 18.5 Å². The number of carboxylic acids is 1. The number of aliphatic hydroxyl groups is 5. The molecule has 9 N–H and O–H groups in total. The standard InChI is InChI=1S/C15H19N5O10/c16-15-19-11-5(12(26)20-15)18-3(1-17-11)6(22)4(21)2-29-14-9(25)7(23)8(24)10(30-14)13(27)28/h1,4,6-10,14,21-25H,2H2,(H,27,28)(H3,16,17,19,20,26)/t4-,6+,7+,8+,9-,10+,14-/m1/s1. The second-order valence-corrected chi connectivity index (χ2v) is 6.50. The maximum atomic E-state index is 11.9. The summed E-state index contributed by atoms with van der Waals surface area (Å²) in [6.45, 7) is -0.700. The van der Waals surface area contributed by atoms with E-state index in [1.807, 2.05) is 0 Å². The van der Waals surface area contributed by atoms with Gasteiger partial charge in [-0.05, 0) is 0 Å². The number of hydrogen-bond donors (Lipinski definition) is 8. The average molecular weight is 429 g/mol. The highest BCUT2D eigenvalue weighted by molar-refractivity contribution is 5.73. The molecule has 0 radical (unpaired) electrons. The van der Waals surface area contributed by atoms with Crippen molar-refractivity contribution in [2.75, 3.05) is 12.3 Å². The predicted octanol–water partition coefficient (Wildman–Crippen LogP) is -4.40. The summed E-state index contributed by atoms with van der Waals surface area (Å²) in [5.74, 6) is -1.78. The Hall–Kier alpha value is -2.79. The fourth-order valence-electron chi connectivity index (χ4n) is 2.76. The molecule has 15 heteroatoms. The van der Waals surface area contributed by atoms with Crippen LogP contribution in [-0.4, -0.2) is 100.0 Å². The van der Waals surface area contributed by atoms with E-state index >= 15 is 0 Å². The molecule has 1 aliphatic rings. The third kappa shape index (κ3) is 4.21. The normalized spacial score (nSPS) is 28.9. The van der Waals surface area contributed by atoms with Gasteiger partial charge in [-0.2, -0.15) is 4.98 Å². The number of nitrogens with zero attached hydrogens (tertiary/aromatic N) is 3. The Morgan fingerprint density at radius 2 is 1.93 bits per heavy atom. The number of rotatable bonds is 6. The van der Waals surface area contributed by atoms with Gasteiger partial charge in [0.1, 0.15) is 30.5 Å². The van der Waals surface area contributed by atoms with Crippen molar-refractivity contribution >= 4 is 23.1 Å². The van der Waals surface area contributed by atoms with E-state index < -0.39 is 61.0 Å². The van der Waals surface area contributed by atoms with Crippen LogP contribution in [0.5, 0.6) is 0 Å². The first kappa shape index (κ1) is 21.9. The predicted molar refractivity (Wildman–Crippen MR) is 93.6 cm³/mol. The van der Waals surface area contributed by atoms with E-state index in [1.54, 1.807) is 0 Å². The SMILES string of the molecule is Nc1nc2ncc([C@H](O)[C@H](O)CO[C@@H]3O[C@H](C(=O)O)[C@@H](O)[C@H](O)[C@H]3O)nc2c(=O)[nH]1. The smallest absolute Gasteiger partial charge is 0.335 e. The molecule has 2 aromatic rings. The van der Waals surface area contributed by atoms with Gasteiger partial charge in [-0.1, -0.05) is 0 Å². The summed E-state index contributed by atoms with van der Waals surface area (Å²) in [6, 6.07) is 0. The average Bonchev–Trinajstić information content (AvgIpc) is 2.70. The van der Waals surface area contributed by atoms with Crippen LogP contribution >= 0.6 is 0 Å². The van der Waals surface area contributed by atoms with Crippen LogP contribution in [0.4, 0.5) is 5.95 Å². The summed E-state index contributed by atoms with van der Waals surface area (Å²) in [5, 5.41) is 58.6. The number of aliphatic carboxylic acids is 1. The highest BCUT2D eigenvalue weighted by Crippen LogP contribution is 2.23. The third-order valence-electron chi connectivity index (χ3n) is 4.37. The number of aromatic nitrogens is 4. The number of aromatic amines is 1. The van der Waals surface area contributed by atoms with E-state index in [1.165, 1.54) is 0 Å². The van der Waals surface area contributed by atoms with Crippen molar-refractivity contribution in [2.45, 2.75) is 42.9 Å². The Balaban J connectivity index is 1.70. The van der Waals surface area contributed by atoms with Gasteiger partial charge >= 0.3 is 5.97 Å². The molecule has 1 saturated heterocycles. The Labute approximate surface area is 166 Å². The van der Waals surface area contributed by atoms with Crippen LogP contribution in [0.3, 0.4) is 0 Å². The monoisotopic (exact) mass is 429 g/mol. The molecule has 1 aliphatic heterocycles. The zero-order valence-corrected chi connectivity index (χ0v) is 15.1. The van der Waals surface area contributed by atoms with Gasteiger partial charge in [0, 0.05) is 0 Å². The molecule has 15 nitrogen and oxygen atoms in total. The first-order chi connectivity index (χ1) is 14.1. The molecule has 0 unspecified atom stereocenters. The number of nitrogens with one attached hydrogen (secondary N) is 1. The molecule has 2 aromatic heterocycles. The van der Waals surface area contributed by atoms with Gasteiger partial charge in [-0.3, -0.25) is 9.78 Å². The van der Waals surface area contributed by atoms with Gasteiger partial charge < -0.3 is 45.8 Å². The quantitative estimate of drug-likeness (QED) is 0.216. The summed E-state index contributed by atoms with van der Waals surface area (Å²) in [4.78, 5) is 36.6. The van der Waals surface area contributed by atoms with Crippen molar-refractivity contribution in [3.8, 4) is 0 Å². The van der Waals surface area contributed by atoms with Crippen LogP contribution < -0.4 is 11.3 Å². The minimum atomic E-state index is -1.90. The van der Waals surface area contributed by atoms with Crippen LogP contribution in [0.2, 0.25) is 0 Å². The number of H-pyrrole nitrogens is 1. The highest BCUT2D eigenvalue weighted by atomic mass is 16.7. The third-order valence-corrected chi connectivity index (χ3v) is 4.37. The lowest BCUT2D eigenvalue weighted by molar-refractivity contribution is -0.299. The van der Waals surface area contributed by atoms with E-state index in [0.717, 1.165) is 6.20 Å². The van der Waals surface area contributed by atoms with Crippen molar-refractivity contribution in [3.63, 3.8) is 0 Å². The van der Waals surface area contributed by atoms with Gasteiger partial charge in [-0.25, -0.2) is 14.8 Å². The largest absolute Gasteiger partial charge is 0.479 e. The Bertz CT molecular complexity index is 986. The lowest BCUT2D eigenvalue weighted by atomic mass is 9.99. The summed E-state index contributed by atoms with van der Waals surface area (Å²) >= 11 is 0. The van der Waals surface area contributed by atoms with Crippen molar-refractivity contribution in [2.24, 2.45) is 0 Å². The first-order valence-corrected chi connectivity index (χ1v) is 8.52. The summed E-state index contributed by atoms with van der Waals surface area (Å²) in [7, 11) is 0. The molecule has 0 aromatic carbocycles. The van der Waals surface area contributed by atoms with E-state index in [9.17, 15) is 35.1 Å². The molecule has 1 fully saturated rings. The number of ether oxygens (including phenoxy) is 2. The topological polar surface area (TPSA) is 254 Å². The molecule has 30 heavy (non-hydrogen) atoms. The number of aliphatic hydroxyl groups excluding tert-OH is 5. The number of anilines is 1. The highest BCUT2D eigenvalue weighted by Gasteiger charge is 2.47. The Morgan fingerprint density at radius 1 is 1.23 bits per heavy atom. The summed E-state index contributed by atoms with van der Waals surface area (Å²) < 4.78 is 9.96. The second-order valence-electron chi connectivity index (χ2n) is 6.50.